The summed E-state index contributed by atoms with van der Waals surface area (Å²) in [5.74, 6) is 2.24. The summed E-state index contributed by atoms with van der Waals surface area (Å²) in [6.45, 7) is 14.6. The number of carbonyl (C=O) groups excluding carboxylic acids is 2. The lowest BCUT2D eigenvalue weighted by atomic mass is 9.82. The Morgan fingerprint density at radius 3 is 1.97 bits per heavy atom. The van der Waals surface area contributed by atoms with Crippen LogP contribution >= 0.6 is 34.8 Å². The SMILES string of the molecule is COc1cc2c(cc1OC(C)C)-n1c(-c3ccc(Cl)c(F)c3)nc(C(=O)N3CCOCC3(C)CCC(C)Oc3cc4c(cc3OC)CCc3c(C(=O)C5CCCOCC(C)(C)CC5)nc(-c5cc(Cl)cc(Cl)c5)n3-4)c1CC2. The molecule has 0 N–H and O–H groups in total. The van der Waals surface area contributed by atoms with Gasteiger partial charge in [-0.25, -0.2) is 14.4 Å². The predicted octanol–water partition coefficient (Wildman–Crippen LogP) is 13.4. The Balaban J connectivity index is 0.950. The summed E-state index contributed by atoms with van der Waals surface area (Å²) in [6.07, 6.45) is 6.07. The Morgan fingerprint density at radius 1 is 0.727 bits per heavy atom. The minimum atomic E-state index is -0.756. The summed E-state index contributed by atoms with van der Waals surface area (Å²) < 4.78 is 56.2. The van der Waals surface area contributed by atoms with E-state index in [-0.39, 0.29) is 40.3 Å². The first-order chi connectivity index (χ1) is 36.8. The molecule has 4 aromatic carbocycles. The van der Waals surface area contributed by atoms with Crippen LogP contribution in [0.5, 0.6) is 23.0 Å². The van der Waals surface area contributed by atoms with Crippen LogP contribution in [0.1, 0.15) is 124 Å². The minimum absolute atomic E-state index is 0.0139. The number of amides is 1. The number of rotatable bonds is 14. The molecule has 0 spiro atoms. The average molecular weight is 1110 g/mol. The van der Waals surface area contributed by atoms with E-state index in [2.05, 4.69) is 18.4 Å². The lowest BCUT2D eigenvalue weighted by molar-refractivity contribution is -0.0520. The molecular formula is C60H67Cl3FN5O8. The number of ketones is 1. The summed E-state index contributed by atoms with van der Waals surface area (Å²) in [5.41, 5.74) is 6.27. The quantitative estimate of drug-likeness (QED) is 0.0972. The third-order valence-corrected chi connectivity index (χ3v) is 16.3. The van der Waals surface area contributed by atoms with Gasteiger partial charge in [0.2, 0.25) is 0 Å². The van der Waals surface area contributed by atoms with Gasteiger partial charge in [-0.2, -0.15) is 0 Å². The first-order valence-electron chi connectivity index (χ1n) is 26.8. The summed E-state index contributed by atoms with van der Waals surface area (Å²) in [5, 5.41) is 0.901. The number of aryl methyl sites for hydroxylation is 2. The van der Waals surface area contributed by atoms with Crippen LogP contribution in [-0.2, 0) is 35.2 Å². The molecule has 6 heterocycles. The van der Waals surface area contributed by atoms with Gasteiger partial charge in [0, 0.05) is 52.4 Å². The molecule has 10 rings (SSSR count). The van der Waals surface area contributed by atoms with E-state index < -0.39 is 11.4 Å². The number of Topliss-reactive ketones (excluding diaryl/α,β-unsaturated/α-hetero) is 1. The van der Waals surface area contributed by atoms with Crippen LogP contribution in [0.25, 0.3) is 34.2 Å². The highest BCUT2D eigenvalue weighted by Gasteiger charge is 2.42. The van der Waals surface area contributed by atoms with Crippen LogP contribution in [0.15, 0.2) is 60.7 Å². The Hall–Kier alpha value is -5.64. The fourth-order valence-corrected chi connectivity index (χ4v) is 12.2. The Labute approximate surface area is 465 Å². The molecule has 13 nitrogen and oxygen atoms in total. The molecular weight excluding hydrogens is 1040 g/mol. The molecule has 0 saturated carbocycles. The number of hydrogen-bond donors (Lipinski definition) is 0. The number of aromatic nitrogens is 4. The number of carbonyl (C=O) groups is 2. The van der Waals surface area contributed by atoms with Crippen molar-refractivity contribution in [3.8, 4) is 57.1 Å². The van der Waals surface area contributed by atoms with Crippen molar-refractivity contribution in [1.82, 2.24) is 24.0 Å². The minimum Gasteiger partial charge on any atom is -0.493 e. The standard InChI is InChI=1S/C60H67Cl3FN5O8/c1-34(2)76-51-30-47-38(27-49(51)72-7)13-16-46-54(66-56(69(46)47)39-11-14-43(63)44(64)26-39)58(71)67-21-23-75-33-60(67,6)20-17-35(3)77-52-31-48-37(28-50(52)73-8)12-15-45-53(55(70)36-10-9-22-74-32-59(4,5)19-18-36)65-57(68(45)48)40-24-41(61)29-42(62)25-40/h11,14,24-31,34-36H,9-10,12-13,15-23,32-33H2,1-8H3. The van der Waals surface area contributed by atoms with Gasteiger partial charge in [-0.3, -0.25) is 18.7 Å². The molecule has 3 atom stereocenters. The molecule has 6 aromatic rings. The first-order valence-corrected chi connectivity index (χ1v) is 27.9. The number of morpholine rings is 1. The van der Waals surface area contributed by atoms with Gasteiger partial charge in [-0.1, -0.05) is 48.7 Å². The molecule has 1 amide bonds. The van der Waals surface area contributed by atoms with Crippen molar-refractivity contribution >= 4 is 46.5 Å². The predicted molar refractivity (Wildman–Crippen MR) is 297 cm³/mol. The molecule has 2 aromatic heterocycles. The van der Waals surface area contributed by atoms with Crippen molar-refractivity contribution in [1.29, 1.82) is 0 Å². The zero-order valence-electron chi connectivity index (χ0n) is 45.1. The molecule has 0 bridgehead atoms. The highest BCUT2D eigenvalue weighted by molar-refractivity contribution is 6.35. The fourth-order valence-electron chi connectivity index (χ4n) is 11.5. The number of fused-ring (bicyclic) bond motifs is 6. The number of hydrogen-bond acceptors (Lipinski definition) is 10. The maximum Gasteiger partial charge on any atom is 0.274 e. The van der Waals surface area contributed by atoms with E-state index >= 15 is 9.18 Å². The molecule has 0 aliphatic carbocycles. The maximum absolute atomic E-state index is 15.3. The monoisotopic (exact) mass is 1110 g/mol. The summed E-state index contributed by atoms with van der Waals surface area (Å²) in [4.78, 5) is 42.2. The van der Waals surface area contributed by atoms with E-state index in [0.717, 1.165) is 53.9 Å². The molecule has 408 valence electrons. The van der Waals surface area contributed by atoms with E-state index in [1.54, 1.807) is 26.4 Å². The van der Waals surface area contributed by atoms with Crippen LogP contribution in [0.3, 0.4) is 0 Å². The second kappa shape index (κ2) is 22.2. The number of ether oxygens (including phenoxy) is 6. The number of nitrogens with zero attached hydrogens (tertiary/aromatic N) is 5. The Bertz CT molecular complexity index is 3220. The van der Waals surface area contributed by atoms with Gasteiger partial charge < -0.3 is 33.3 Å². The second-order valence-electron chi connectivity index (χ2n) is 22.3. The second-order valence-corrected chi connectivity index (χ2v) is 23.6. The van der Waals surface area contributed by atoms with Crippen LogP contribution in [0.2, 0.25) is 15.1 Å². The highest BCUT2D eigenvalue weighted by Crippen LogP contribution is 2.44. The van der Waals surface area contributed by atoms with Crippen LogP contribution < -0.4 is 18.9 Å². The average Bonchev–Trinajstić information content (AvgIpc) is 4.05. The van der Waals surface area contributed by atoms with Gasteiger partial charge in [0.05, 0.1) is 79.6 Å². The van der Waals surface area contributed by atoms with Crippen molar-refractivity contribution in [3.63, 3.8) is 0 Å². The maximum atomic E-state index is 15.3. The number of methoxy groups -OCH3 is 2. The summed E-state index contributed by atoms with van der Waals surface area (Å²) in [7, 11) is 3.24. The normalized spacial score (nSPS) is 19.4. The Kier molecular flexibility index (Phi) is 15.8. The fraction of sp³-hybridized carbons (Fsp3) is 0.467. The molecule has 4 aliphatic rings. The van der Waals surface area contributed by atoms with Gasteiger partial charge in [-0.05, 0) is 157 Å². The number of imidazole rings is 2. The third-order valence-electron chi connectivity index (χ3n) is 15.6. The lowest BCUT2D eigenvalue weighted by Gasteiger charge is -2.45. The van der Waals surface area contributed by atoms with E-state index in [9.17, 15) is 4.79 Å². The third kappa shape index (κ3) is 11.1. The molecule has 2 saturated heterocycles. The largest absolute Gasteiger partial charge is 0.493 e. The highest BCUT2D eigenvalue weighted by atomic mass is 35.5. The van der Waals surface area contributed by atoms with Crippen molar-refractivity contribution < 1.29 is 42.4 Å². The topological polar surface area (TPSA) is 128 Å². The van der Waals surface area contributed by atoms with Crippen LogP contribution in [-0.4, -0.2) is 101 Å². The first kappa shape index (κ1) is 54.7. The zero-order valence-corrected chi connectivity index (χ0v) is 47.4. The van der Waals surface area contributed by atoms with E-state index in [1.807, 2.05) is 73.6 Å². The smallest absolute Gasteiger partial charge is 0.274 e. The van der Waals surface area contributed by atoms with Gasteiger partial charge in [-0.15, -0.1) is 0 Å². The van der Waals surface area contributed by atoms with Gasteiger partial charge in [0.1, 0.15) is 23.2 Å². The number of halogens is 4. The molecule has 3 unspecified atom stereocenters. The van der Waals surface area contributed by atoms with Crippen molar-refractivity contribution in [2.45, 2.75) is 123 Å². The molecule has 0 radical (unpaired) electrons. The molecule has 4 aliphatic heterocycles. The van der Waals surface area contributed by atoms with Crippen LogP contribution in [0, 0.1) is 17.2 Å². The van der Waals surface area contributed by atoms with E-state index in [1.165, 1.54) is 12.1 Å². The zero-order chi connectivity index (χ0) is 54.5. The molecule has 77 heavy (non-hydrogen) atoms. The Morgan fingerprint density at radius 2 is 1.34 bits per heavy atom. The van der Waals surface area contributed by atoms with Gasteiger partial charge in [0.25, 0.3) is 5.91 Å². The molecule has 17 heteroatoms. The van der Waals surface area contributed by atoms with Crippen LogP contribution in [0.4, 0.5) is 4.39 Å². The van der Waals surface area contributed by atoms with Gasteiger partial charge in [0.15, 0.2) is 34.5 Å². The summed E-state index contributed by atoms with van der Waals surface area (Å²) in [6, 6.07) is 17.8. The van der Waals surface area contributed by atoms with Crippen molar-refractivity contribution in [2.75, 3.05) is 47.2 Å². The number of benzene rings is 4. The lowest BCUT2D eigenvalue weighted by Crippen LogP contribution is -2.57. The molecule has 2 fully saturated rings. The van der Waals surface area contributed by atoms with E-state index in [4.69, 9.17) is 73.2 Å². The van der Waals surface area contributed by atoms with Gasteiger partial charge >= 0.3 is 0 Å². The van der Waals surface area contributed by atoms with Crippen molar-refractivity contribution in [2.24, 2.45) is 11.3 Å². The summed E-state index contributed by atoms with van der Waals surface area (Å²) >= 11 is 19.5. The van der Waals surface area contributed by atoms with Crippen molar-refractivity contribution in [3.05, 3.63) is 115 Å². The van der Waals surface area contributed by atoms with E-state index in [0.29, 0.717) is 144 Å².